The Labute approximate surface area is 118 Å². The average Bonchev–Trinajstić information content (AvgIpc) is 2.96. The van der Waals surface area contributed by atoms with Crippen molar-refractivity contribution >= 4 is 0 Å². The summed E-state index contributed by atoms with van der Waals surface area (Å²) in [5.41, 5.74) is 9.39. The van der Waals surface area contributed by atoms with Crippen molar-refractivity contribution in [3.63, 3.8) is 0 Å². The largest absolute Gasteiger partial charge is 0.322 e. The number of nitrogens with two attached hydrogens (primary N) is 1. The van der Waals surface area contributed by atoms with E-state index in [0.717, 1.165) is 12.8 Å². The molecule has 1 saturated heterocycles. The summed E-state index contributed by atoms with van der Waals surface area (Å²) in [7, 11) is 0. The molecule has 0 radical (unpaired) electrons. The van der Waals surface area contributed by atoms with Crippen LogP contribution in [0, 0.1) is 6.92 Å². The molecule has 1 aliphatic heterocycles. The maximum Gasteiger partial charge on any atom is 0.0481 e. The molecule has 106 valence electrons. The zero-order valence-corrected chi connectivity index (χ0v) is 12.7. The quantitative estimate of drug-likeness (QED) is 0.875. The smallest absolute Gasteiger partial charge is 0.0481 e. The first kappa shape index (κ1) is 14.5. The molecule has 1 aromatic carbocycles. The van der Waals surface area contributed by atoms with Crippen LogP contribution in [-0.4, -0.2) is 23.5 Å². The number of rotatable bonds is 5. The Kier molecular flexibility index (Phi) is 4.64. The molecule has 0 aromatic heterocycles. The van der Waals surface area contributed by atoms with E-state index in [1.807, 2.05) is 0 Å². The molecule has 0 aliphatic carbocycles. The highest BCUT2D eigenvalue weighted by molar-refractivity contribution is 5.27. The highest BCUT2D eigenvalue weighted by atomic mass is 15.2. The van der Waals surface area contributed by atoms with Gasteiger partial charge in [0.15, 0.2) is 0 Å². The van der Waals surface area contributed by atoms with E-state index < -0.39 is 0 Å². The van der Waals surface area contributed by atoms with Crippen LogP contribution in [0.5, 0.6) is 0 Å². The van der Waals surface area contributed by atoms with Gasteiger partial charge in [-0.3, -0.25) is 4.90 Å². The molecule has 0 spiro atoms. The van der Waals surface area contributed by atoms with Crippen LogP contribution < -0.4 is 5.73 Å². The van der Waals surface area contributed by atoms with E-state index in [1.165, 1.54) is 37.1 Å². The Hall–Kier alpha value is -0.860. The molecule has 1 unspecified atom stereocenters. The molecule has 2 N–H and O–H groups in total. The fourth-order valence-electron chi connectivity index (χ4n) is 3.58. The van der Waals surface area contributed by atoms with Crippen LogP contribution in [0.4, 0.5) is 0 Å². The highest BCUT2D eigenvalue weighted by Gasteiger charge is 2.40. The Balaban J connectivity index is 2.29. The van der Waals surface area contributed by atoms with E-state index in [2.05, 4.69) is 49.9 Å². The van der Waals surface area contributed by atoms with Crippen molar-refractivity contribution in [1.29, 1.82) is 0 Å². The molecule has 0 saturated carbocycles. The molecular weight excluding hydrogens is 232 g/mol. The lowest BCUT2D eigenvalue weighted by molar-refractivity contribution is 0.0767. The van der Waals surface area contributed by atoms with Crippen LogP contribution in [-0.2, 0) is 0 Å². The zero-order valence-electron chi connectivity index (χ0n) is 12.7. The summed E-state index contributed by atoms with van der Waals surface area (Å²) >= 11 is 0. The van der Waals surface area contributed by atoms with Crippen LogP contribution in [0.3, 0.4) is 0 Å². The van der Waals surface area contributed by atoms with Crippen molar-refractivity contribution in [3.05, 3.63) is 35.4 Å². The first-order valence-corrected chi connectivity index (χ1v) is 7.71. The van der Waals surface area contributed by atoms with Gasteiger partial charge in [-0.2, -0.15) is 0 Å². The highest BCUT2D eigenvalue weighted by Crippen LogP contribution is 2.37. The lowest BCUT2D eigenvalue weighted by atomic mass is 9.79. The maximum absolute atomic E-state index is 6.68. The number of hydrogen-bond acceptors (Lipinski definition) is 2. The molecule has 1 atom stereocenters. The summed E-state index contributed by atoms with van der Waals surface area (Å²) in [6.07, 6.45) is 4.89. The molecule has 1 aliphatic rings. The van der Waals surface area contributed by atoms with E-state index in [-0.39, 0.29) is 11.6 Å². The van der Waals surface area contributed by atoms with Gasteiger partial charge in [0.25, 0.3) is 0 Å². The van der Waals surface area contributed by atoms with Crippen LogP contribution in [0.2, 0.25) is 0 Å². The normalized spacial score (nSPS) is 18.7. The lowest BCUT2D eigenvalue weighted by Gasteiger charge is -2.45. The van der Waals surface area contributed by atoms with Gasteiger partial charge >= 0.3 is 0 Å². The third kappa shape index (κ3) is 2.70. The third-order valence-electron chi connectivity index (χ3n) is 4.98. The number of benzene rings is 1. The van der Waals surface area contributed by atoms with E-state index in [9.17, 15) is 0 Å². The second kappa shape index (κ2) is 6.06. The van der Waals surface area contributed by atoms with Crippen LogP contribution in [0.25, 0.3) is 0 Å². The molecule has 2 rings (SSSR count). The van der Waals surface area contributed by atoms with Gasteiger partial charge in [-0.25, -0.2) is 0 Å². The van der Waals surface area contributed by atoms with Crippen LogP contribution in [0.1, 0.15) is 56.7 Å². The van der Waals surface area contributed by atoms with Gasteiger partial charge in [-0.1, -0.05) is 43.7 Å². The van der Waals surface area contributed by atoms with E-state index in [0.29, 0.717) is 0 Å². The third-order valence-corrected chi connectivity index (χ3v) is 4.98. The Bertz CT molecular complexity index is 386. The summed E-state index contributed by atoms with van der Waals surface area (Å²) in [5, 5.41) is 0. The SMILES string of the molecule is CCC(CC)(C(N)c1ccc(C)cc1)N1CCCC1. The predicted octanol–water partition coefficient (Wildman–Crippen LogP) is 3.65. The Morgan fingerprint density at radius 2 is 1.63 bits per heavy atom. The van der Waals surface area contributed by atoms with Crippen molar-refractivity contribution in [2.24, 2.45) is 5.73 Å². The van der Waals surface area contributed by atoms with Crippen molar-refractivity contribution in [2.45, 2.75) is 58.0 Å². The van der Waals surface area contributed by atoms with E-state index in [4.69, 9.17) is 5.73 Å². The van der Waals surface area contributed by atoms with Gasteiger partial charge in [0, 0.05) is 11.6 Å². The fourth-order valence-corrected chi connectivity index (χ4v) is 3.58. The molecule has 1 fully saturated rings. The van der Waals surface area contributed by atoms with Crippen molar-refractivity contribution in [1.82, 2.24) is 4.90 Å². The minimum absolute atomic E-state index is 0.112. The molecule has 1 heterocycles. The van der Waals surface area contributed by atoms with Gasteiger partial charge in [0.05, 0.1) is 0 Å². The summed E-state index contributed by atoms with van der Waals surface area (Å²) in [4.78, 5) is 2.64. The second-order valence-electron chi connectivity index (χ2n) is 5.89. The average molecular weight is 260 g/mol. The molecule has 2 heteroatoms. The predicted molar refractivity (Wildman–Crippen MR) is 82.2 cm³/mol. The summed E-state index contributed by atoms with van der Waals surface area (Å²) in [5.74, 6) is 0. The number of aryl methyl sites for hydroxylation is 1. The second-order valence-corrected chi connectivity index (χ2v) is 5.89. The molecule has 1 aromatic rings. The number of hydrogen-bond donors (Lipinski definition) is 1. The Morgan fingerprint density at radius 1 is 1.11 bits per heavy atom. The van der Waals surface area contributed by atoms with Crippen molar-refractivity contribution < 1.29 is 0 Å². The minimum atomic E-state index is 0.112. The first-order chi connectivity index (χ1) is 9.14. The molecular formula is C17H28N2. The summed E-state index contributed by atoms with van der Waals surface area (Å²) in [6, 6.07) is 8.87. The molecule has 0 amide bonds. The maximum atomic E-state index is 6.68. The van der Waals surface area contributed by atoms with Gasteiger partial charge in [-0.15, -0.1) is 0 Å². The monoisotopic (exact) mass is 260 g/mol. The van der Waals surface area contributed by atoms with Crippen LogP contribution >= 0.6 is 0 Å². The summed E-state index contributed by atoms with van der Waals surface area (Å²) < 4.78 is 0. The van der Waals surface area contributed by atoms with Gasteiger partial charge in [0.2, 0.25) is 0 Å². The van der Waals surface area contributed by atoms with E-state index in [1.54, 1.807) is 0 Å². The number of nitrogens with zero attached hydrogens (tertiary/aromatic N) is 1. The fraction of sp³-hybridized carbons (Fsp3) is 0.647. The molecule has 19 heavy (non-hydrogen) atoms. The summed E-state index contributed by atoms with van der Waals surface area (Å²) in [6.45, 7) is 9.12. The van der Waals surface area contributed by atoms with E-state index >= 15 is 0 Å². The Morgan fingerprint density at radius 3 is 2.11 bits per heavy atom. The van der Waals surface area contributed by atoms with Gasteiger partial charge in [0.1, 0.15) is 0 Å². The molecule has 0 bridgehead atoms. The standard InChI is InChI=1S/C17H28N2/c1-4-17(5-2,19-12-6-7-13-19)16(18)15-10-8-14(3)9-11-15/h8-11,16H,4-7,12-13,18H2,1-3H3. The topological polar surface area (TPSA) is 29.3 Å². The van der Waals surface area contributed by atoms with Gasteiger partial charge in [-0.05, 0) is 51.3 Å². The van der Waals surface area contributed by atoms with Crippen molar-refractivity contribution in [3.8, 4) is 0 Å². The van der Waals surface area contributed by atoms with Crippen LogP contribution in [0.15, 0.2) is 24.3 Å². The number of likely N-dealkylation sites (tertiary alicyclic amines) is 1. The first-order valence-electron chi connectivity index (χ1n) is 7.71. The van der Waals surface area contributed by atoms with Gasteiger partial charge < -0.3 is 5.73 Å². The molecule has 2 nitrogen and oxygen atoms in total. The van der Waals surface area contributed by atoms with Crippen molar-refractivity contribution in [2.75, 3.05) is 13.1 Å². The minimum Gasteiger partial charge on any atom is -0.322 e. The zero-order chi connectivity index (χ0) is 13.9. The lowest BCUT2D eigenvalue weighted by Crippen LogP contribution is -2.53.